The molecule has 1 aliphatic rings. The van der Waals surface area contributed by atoms with Crippen molar-refractivity contribution in [2.24, 2.45) is 5.41 Å². The van der Waals surface area contributed by atoms with Gasteiger partial charge in [0.2, 0.25) is 0 Å². The molecule has 0 saturated carbocycles. The third-order valence-electron chi connectivity index (χ3n) is 4.04. The topological polar surface area (TPSA) is 107 Å². The Hall–Kier alpha value is -2.62. The summed E-state index contributed by atoms with van der Waals surface area (Å²) in [7, 11) is 0. The highest BCUT2D eigenvalue weighted by Gasteiger charge is 2.37. The van der Waals surface area contributed by atoms with Crippen LogP contribution >= 0.6 is 0 Å². The number of nitriles is 1. The third-order valence-corrected chi connectivity index (χ3v) is 4.04. The van der Waals surface area contributed by atoms with E-state index >= 15 is 0 Å². The van der Waals surface area contributed by atoms with Gasteiger partial charge >= 0.3 is 5.97 Å². The van der Waals surface area contributed by atoms with Crippen LogP contribution in [0.2, 0.25) is 0 Å². The second-order valence-corrected chi connectivity index (χ2v) is 5.42. The summed E-state index contributed by atoms with van der Waals surface area (Å²) in [6, 6.07) is 6.14. The van der Waals surface area contributed by atoms with Crippen LogP contribution in [0.25, 0.3) is 0 Å². The molecule has 0 spiro atoms. The largest absolute Gasteiger partial charge is 0.481 e. The van der Waals surface area contributed by atoms with Crippen molar-refractivity contribution in [1.82, 2.24) is 0 Å². The highest BCUT2D eigenvalue weighted by molar-refractivity contribution is 5.75. The van der Waals surface area contributed by atoms with Crippen molar-refractivity contribution in [3.8, 4) is 6.07 Å². The van der Waals surface area contributed by atoms with Crippen molar-refractivity contribution < 1.29 is 14.8 Å². The van der Waals surface area contributed by atoms with Gasteiger partial charge in [-0.05, 0) is 25.8 Å². The van der Waals surface area contributed by atoms with Crippen molar-refractivity contribution >= 4 is 17.3 Å². The van der Waals surface area contributed by atoms with E-state index in [1.165, 1.54) is 12.1 Å². The summed E-state index contributed by atoms with van der Waals surface area (Å²) in [6.07, 6.45) is 0.953. The van der Waals surface area contributed by atoms with E-state index in [9.17, 15) is 20.0 Å². The smallest absolute Gasteiger partial charge is 0.309 e. The first-order chi connectivity index (χ1) is 9.87. The van der Waals surface area contributed by atoms with Crippen molar-refractivity contribution in [3.05, 3.63) is 33.9 Å². The van der Waals surface area contributed by atoms with Crippen LogP contribution in [0.3, 0.4) is 0 Å². The molecule has 0 amide bonds. The predicted octanol–water partition coefficient (Wildman–Crippen LogP) is 2.16. The average Bonchev–Trinajstić information content (AvgIpc) is 2.47. The Morgan fingerprint density at radius 1 is 1.48 bits per heavy atom. The van der Waals surface area contributed by atoms with Gasteiger partial charge in [0.15, 0.2) is 0 Å². The fraction of sp³-hybridized carbons (Fsp3) is 0.429. The molecule has 0 atom stereocenters. The van der Waals surface area contributed by atoms with Crippen molar-refractivity contribution in [2.45, 2.75) is 19.8 Å². The van der Waals surface area contributed by atoms with Crippen LogP contribution in [0.15, 0.2) is 18.2 Å². The number of aliphatic carboxylic acids is 1. The molecular weight excluding hydrogens is 274 g/mol. The van der Waals surface area contributed by atoms with Crippen LogP contribution < -0.4 is 4.90 Å². The zero-order valence-corrected chi connectivity index (χ0v) is 11.6. The van der Waals surface area contributed by atoms with Gasteiger partial charge in [-0.2, -0.15) is 5.26 Å². The van der Waals surface area contributed by atoms with Crippen LogP contribution in [0.4, 0.5) is 11.4 Å². The van der Waals surface area contributed by atoms with Gasteiger partial charge in [-0.3, -0.25) is 14.9 Å². The van der Waals surface area contributed by atoms with Gasteiger partial charge in [0, 0.05) is 25.2 Å². The Bertz CT molecular complexity index is 628. The molecule has 21 heavy (non-hydrogen) atoms. The first-order valence-electron chi connectivity index (χ1n) is 6.54. The lowest BCUT2D eigenvalue weighted by atomic mass is 9.80. The van der Waals surface area contributed by atoms with E-state index in [4.69, 9.17) is 5.26 Å². The Labute approximate surface area is 121 Å². The van der Waals surface area contributed by atoms with Gasteiger partial charge in [0.1, 0.15) is 6.07 Å². The molecule has 0 aromatic heterocycles. The van der Waals surface area contributed by atoms with Crippen LogP contribution in [0.1, 0.15) is 25.3 Å². The number of carboxylic acids is 1. The summed E-state index contributed by atoms with van der Waals surface area (Å²) in [5, 5.41) is 29.1. The second kappa shape index (κ2) is 5.40. The Balaban J connectivity index is 2.23. The van der Waals surface area contributed by atoms with E-state index in [0.29, 0.717) is 31.6 Å². The number of benzene rings is 1. The summed E-state index contributed by atoms with van der Waals surface area (Å²) in [5.41, 5.74) is -0.00859. The first kappa shape index (κ1) is 14.8. The van der Waals surface area contributed by atoms with Crippen LogP contribution in [0.5, 0.6) is 0 Å². The van der Waals surface area contributed by atoms with Crippen molar-refractivity contribution in [2.75, 3.05) is 18.0 Å². The van der Waals surface area contributed by atoms with Gasteiger partial charge in [-0.25, -0.2) is 0 Å². The summed E-state index contributed by atoms with van der Waals surface area (Å²) in [5.74, 6) is -0.814. The second-order valence-electron chi connectivity index (χ2n) is 5.42. The number of non-ortho nitro benzene ring substituents is 1. The minimum absolute atomic E-state index is 0.123. The molecule has 7 nitrogen and oxygen atoms in total. The molecule has 1 aromatic carbocycles. The minimum Gasteiger partial charge on any atom is -0.481 e. The van der Waals surface area contributed by atoms with Crippen LogP contribution in [-0.4, -0.2) is 29.1 Å². The summed E-state index contributed by atoms with van der Waals surface area (Å²) < 4.78 is 0. The number of carbonyl (C=O) groups is 1. The molecule has 1 saturated heterocycles. The minimum atomic E-state index is -0.814. The number of nitro groups is 1. The molecule has 1 aromatic rings. The number of nitro benzene ring substituents is 1. The predicted molar refractivity (Wildman–Crippen MR) is 75.0 cm³/mol. The molecule has 0 bridgehead atoms. The average molecular weight is 289 g/mol. The van der Waals surface area contributed by atoms with E-state index in [0.717, 1.165) is 0 Å². The number of hydrogen-bond acceptors (Lipinski definition) is 5. The molecule has 110 valence electrons. The molecule has 1 aliphatic heterocycles. The molecule has 7 heteroatoms. The lowest BCUT2D eigenvalue weighted by molar-refractivity contribution is -0.384. The van der Waals surface area contributed by atoms with Crippen LogP contribution in [0, 0.1) is 26.9 Å². The maximum Gasteiger partial charge on any atom is 0.309 e. The number of carboxylic acid groups (broad SMARTS) is 1. The highest BCUT2D eigenvalue weighted by Crippen LogP contribution is 2.35. The Morgan fingerprint density at radius 2 is 2.10 bits per heavy atom. The summed E-state index contributed by atoms with van der Waals surface area (Å²) >= 11 is 0. The van der Waals surface area contributed by atoms with Gasteiger partial charge in [0.05, 0.1) is 21.6 Å². The number of hydrogen-bond donors (Lipinski definition) is 1. The quantitative estimate of drug-likeness (QED) is 0.674. The van der Waals surface area contributed by atoms with Gasteiger partial charge < -0.3 is 10.0 Å². The molecule has 0 aliphatic carbocycles. The van der Waals surface area contributed by atoms with Crippen molar-refractivity contribution in [1.29, 1.82) is 5.26 Å². The van der Waals surface area contributed by atoms with Crippen molar-refractivity contribution in [3.63, 3.8) is 0 Å². The standard InChI is InChI=1S/C14H15N3O4/c1-14(13(18)19)4-6-16(7-5-14)12-3-2-11(17(20)21)8-10(12)9-15/h2-3,8H,4-7H2,1H3,(H,18,19). The number of piperidine rings is 1. The molecule has 0 radical (unpaired) electrons. The zero-order valence-electron chi connectivity index (χ0n) is 11.6. The summed E-state index contributed by atoms with van der Waals surface area (Å²) in [4.78, 5) is 23.3. The molecular formula is C14H15N3O4. The SMILES string of the molecule is CC1(C(=O)O)CCN(c2ccc([N+](=O)[O-])cc2C#N)CC1. The van der Waals surface area contributed by atoms with Crippen LogP contribution in [-0.2, 0) is 4.79 Å². The molecule has 1 fully saturated rings. The van der Waals surface area contributed by atoms with Gasteiger partial charge in [-0.1, -0.05) is 0 Å². The Kier molecular flexibility index (Phi) is 3.80. The van der Waals surface area contributed by atoms with E-state index in [1.54, 1.807) is 13.0 Å². The lowest BCUT2D eigenvalue weighted by Gasteiger charge is -2.38. The fourth-order valence-corrected chi connectivity index (χ4v) is 2.46. The number of nitrogens with zero attached hydrogens (tertiary/aromatic N) is 3. The molecule has 2 rings (SSSR count). The van der Waals surface area contributed by atoms with Gasteiger partial charge in [0.25, 0.3) is 5.69 Å². The molecule has 1 N–H and O–H groups in total. The van der Waals surface area contributed by atoms with E-state index in [1.807, 2.05) is 11.0 Å². The maximum atomic E-state index is 11.2. The van der Waals surface area contributed by atoms with E-state index < -0.39 is 16.3 Å². The number of anilines is 1. The number of rotatable bonds is 3. The normalized spacial score (nSPS) is 17.0. The first-order valence-corrected chi connectivity index (χ1v) is 6.54. The maximum absolute atomic E-state index is 11.2. The zero-order chi connectivity index (χ0) is 15.6. The molecule has 0 unspecified atom stereocenters. The molecule has 1 heterocycles. The highest BCUT2D eigenvalue weighted by atomic mass is 16.6. The van der Waals surface area contributed by atoms with E-state index in [2.05, 4.69) is 0 Å². The van der Waals surface area contributed by atoms with Gasteiger partial charge in [-0.15, -0.1) is 0 Å². The lowest BCUT2D eigenvalue weighted by Crippen LogP contribution is -2.43. The fourth-order valence-electron chi connectivity index (χ4n) is 2.46. The Morgan fingerprint density at radius 3 is 2.57 bits per heavy atom. The summed E-state index contributed by atoms with van der Waals surface area (Å²) in [6.45, 7) is 2.73. The monoisotopic (exact) mass is 289 g/mol. The third kappa shape index (κ3) is 2.79. The van der Waals surface area contributed by atoms with E-state index in [-0.39, 0.29) is 11.3 Å².